The predicted octanol–water partition coefficient (Wildman–Crippen LogP) is 2.85. The maximum atomic E-state index is 12.9. The normalized spacial score (nSPS) is 16.6. The van der Waals surface area contributed by atoms with Crippen molar-refractivity contribution in [2.75, 3.05) is 0 Å². The van der Waals surface area contributed by atoms with Crippen molar-refractivity contribution in [3.8, 4) is 5.82 Å². The lowest BCUT2D eigenvalue weighted by atomic mass is 10.1. The Hall–Kier alpha value is -2.51. The van der Waals surface area contributed by atoms with E-state index in [0.29, 0.717) is 11.5 Å². The second-order valence-corrected chi connectivity index (χ2v) is 8.29. The summed E-state index contributed by atoms with van der Waals surface area (Å²) in [6, 6.07) is 11.4. The first kappa shape index (κ1) is 16.9. The molecule has 1 aromatic carbocycles. The van der Waals surface area contributed by atoms with E-state index in [4.69, 9.17) is 0 Å². The topological polar surface area (TPSA) is 76.9 Å². The van der Waals surface area contributed by atoms with Gasteiger partial charge in [-0.15, -0.1) is 0 Å². The molecule has 134 valence electrons. The van der Waals surface area contributed by atoms with Gasteiger partial charge in [0.2, 0.25) is 10.0 Å². The van der Waals surface area contributed by atoms with Crippen LogP contribution in [0.15, 0.2) is 53.7 Å². The summed E-state index contributed by atoms with van der Waals surface area (Å²) in [5, 5.41) is 4.22. The maximum absolute atomic E-state index is 12.9. The number of rotatable bonds is 4. The minimum absolute atomic E-state index is 0.184. The molecule has 0 aliphatic heterocycles. The van der Waals surface area contributed by atoms with E-state index in [9.17, 15) is 8.42 Å². The molecule has 2 aromatic heterocycles. The lowest BCUT2D eigenvalue weighted by Gasteiger charge is -2.14. The number of benzene rings is 1. The quantitative estimate of drug-likeness (QED) is 0.768. The fourth-order valence-electron chi connectivity index (χ4n) is 3.49. The van der Waals surface area contributed by atoms with Gasteiger partial charge in [0.1, 0.15) is 4.90 Å². The summed E-state index contributed by atoms with van der Waals surface area (Å²) in [6.07, 6.45) is 4.69. The van der Waals surface area contributed by atoms with Crippen molar-refractivity contribution in [3.63, 3.8) is 0 Å². The van der Waals surface area contributed by atoms with E-state index in [1.54, 1.807) is 29.9 Å². The Balaban J connectivity index is 1.64. The molecule has 2 heterocycles. The molecule has 7 heteroatoms. The van der Waals surface area contributed by atoms with Gasteiger partial charge < -0.3 is 0 Å². The number of aromatic nitrogens is 3. The van der Waals surface area contributed by atoms with Crippen LogP contribution in [0, 0.1) is 13.8 Å². The number of aryl methyl sites for hydroxylation is 2. The summed E-state index contributed by atoms with van der Waals surface area (Å²) in [5.41, 5.74) is 4.02. The number of hydrogen-bond donors (Lipinski definition) is 1. The highest BCUT2D eigenvalue weighted by Gasteiger charge is 2.29. The van der Waals surface area contributed by atoms with Gasteiger partial charge in [-0.3, -0.25) is 0 Å². The first-order chi connectivity index (χ1) is 12.5. The number of sulfonamides is 1. The predicted molar refractivity (Wildman–Crippen MR) is 98.7 cm³/mol. The minimum Gasteiger partial charge on any atom is -0.237 e. The van der Waals surface area contributed by atoms with Gasteiger partial charge in [0.25, 0.3) is 0 Å². The first-order valence-electron chi connectivity index (χ1n) is 8.53. The molecule has 0 saturated carbocycles. The molecule has 1 aliphatic rings. The fraction of sp³-hybridized carbons (Fsp3) is 0.263. The second-order valence-electron chi connectivity index (χ2n) is 6.61. The van der Waals surface area contributed by atoms with Crippen molar-refractivity contribution in [1.29, 1.82) is 0 Å². The van der Waals surface area contributed by atoms with Gasteiger partial charge in [0.15, 0.2) is 5.82 Å². The third-order valence-corrected chi connectivity index (χ3v) is 6.37. The van der Waals surface area contributed by atoms with Gasteiger partial charge in [-0.2, -0.15) is 5.10 Å². The highest BCUT2D eigenvalue weighted by Crippen LogP contribution is 2.33. The average Bonchev–Trinajstić information content (AvgIpc) is 3.19. The molecule has 26 heavy (non-hydrogen) atoms. The van der Waals surface area contributed by atoms with Crippen LogP contribution in [0.1, 0.15) is 34.8 Å². The molecule has 1 atom stereocenters. The zero-order valence-electron chi connectivity index (χ0n) is 14.7. The molecule has 3 aromatic rings. The van der Waals surface area contributed by atoms with Crippen molar-refractivity contribution < 1.29 is 8.42 Å². The molecule has 6 nitrogen and oxygen atoms in total. The highest BCUT2D eigenvalue weighted by molar-refractivity contribution is 7.89. The van der Waals surface area contributed by atoms with Crippen LogP contribution in [0.5, 0.6) is 0 Å². The smallest absolute Gasteiger partial charge is 0.237 e. The molecule has 0 bridgehead atoms. The maximum Gasteiger partial charge on any atom is 0.244 e. The number of hydrogen-bond acceptors (Lipinski definition) is 4. The van der Waals surface area contributed by atoms with Crippen LogP contribution in [-0.2, 0) is 16.4 Å². The van der Waals surface area contributed by atoms with Gasteiger partial charge in [-0.05, 0) is 49.9 Å². The molecule has 0 radical (unpaired) electrons. The Kier molecular flexibility index (Phi) is 4.13. The van der Waals surface area contributed by atoms with Crippen LogP contribution in [-0.4, -0.2) is 23.2 Å². The summed E-state index contributed by atoms with van der Waals surface area (Å²) < 4.78 is 30.3. The third kappa shape index (κ3) is 2.93. The molecule has 1 unspecified atom stereocenters. The van der Waals surface area contributed by atoms with E-state index < -0.39 is 10.0 Å². The summed E-state index contributed by atoms with van der Waals surface area (Å²) >= 11 is 0. The summed E-state index contributed by atoms with van der Waals surface area (Å²) in [5.74, 6) is 0.591. The van der Waals surface area contributed by atoms with Crippen LogP contribution < -0.4 is 4.72 Å². The Morgan fingerprint density at radius 2 is 2.04 bits per heavy atom. The van der Waals surface area contributed by atoms with Gasteiger partial charge >= 0.3 is 0 Å². The van der Waals surface area contributed by atoms with Crippen molar-refractivity contribution in [2.24, 2.45) is 0 Å². The minimum atomic E-state index is -3.68. The Bertz CT molecular complexity index is 1060. The summed E-state index contributed by atoms with van der Waals surface area (Å²) in [6.45, 7) is 3.79. The Morgan fingerprint density at radius 1 is 1.19 bits per heavy atom. The monoisotopic (exact) mass is 368 g/mol. The van der Waals surface area contributed by atoms with Crippen molar-refractivity contribution in [2.45, 2.75) is 37.6 Å². The molecule has 1 aliphatic carbocycles. The molecule has 0 saturated heterocycles. The van der Waals surface area contributed by atoms with Gasteiger partial charge in [0.05, 0.1) is 11.9 Å². The zero-order chi connectivity index (χ0) is 18.3. The first-order valence-corrected chi connectivity index (χ1v) is 10.0. The van der Waals surface area contributed by atoms with Crippen molar-refractivity contribution >= 4 is 10.0 Å². The Labute approximate surface area is 153 Å². The number of fused-ring (bicyclic) bond motifs is 1. The number of nitrogens with zero attached hydrogens (tertiary/aromatic N) is 3. The van der Waals surface area contributed by atoms with E-state index >= 15 is 0 Å². The van der Waals surface area contributed by atoms with E-state index in [2.05, 4.69) is 20.9 Å². The fourth-order valence-corrected chi connectivity index (χ4v) is 4.90. The van der Waals surface area contributed by atoms with Gasteiger partial charge in [-0.1, -0.05) is 29.8 Å². The molecule has 0 amide bonds. The molecular weight excluding hydrogens is 348 g/mol. The molecule has 0 spiro atoms. The van der Waals surface area contributed by atoms with Crippen LogP contribution in [0.4, 0.5) is 0 Å². The van der Waals surface area contributed by atoms with E-state index in [1.807, 2.05) is 25.1 Å². The largest absolute Gasteiger partial charge is 0.244 e. The molecule has 1 N–H and O–H groups in total. The number of nitrogens with one attached hydrogen (secondary N) is 1. The lowest BCUT2D eigenvalue weighted by Crippen LogP contribution is -2.27. The van der Waals surface area contributed by atoms with Crippen molar-refractivity contribution in [1.82, 2.24) is 19.5 Å². The molecule has 4 rings (SSSR count). The van der Waals surface area contributed by atoms with Gasteiger partial charge in [-0.25, -0.2) is 22.8 Å². The number of pyridine rings is 1. The third-order valence-electron chi connectivity index (χ3n) is 4.79. The SMILES string of the molecule is Cc1ccc2c(c1)CCC2NS(=O)(=O)c1cnn(-c2ccccn2)c1C. The molecule has 0 fully saturated rings. The van der Waals surface area contributed by atoms with E-state index in [0.717, 1.165) is 18.4 Å². The zero-order valence-corrected chi connectivity index (χ0v) is 15.5. The highest BCUT2D eigenvalue weighted by atomic mass is 32.2. The van der Waals surface area contributed by atoms with Gasteiger partial charge in [0, 0.05) is 12.2 Å². The van der Waals surface area contributed by atoms with Crippen LogP contribution in [0.2, 0.25) is 0 Å². The average molecular weight is 368 g/mol. The van der Waals surface area contributed by atoms with Crippen molar-refractivity contribution in [3.05, 3.63) is 71.2 Å². The second kappa shape index (κ2) is 6.34. The van der Waals surface area contributed by atoms with Crippen LogP contribution in [0.25, 0.3) is 5.82 Å². The van der Waals surface area contributed by atoms with E-state index in [-0.39, 0.29) is 10.9 Å². The molecular formula is C19H20N4O2S. The lowest BCUT2D eigenvalue weighted by molar-refractivity contribution is 0.554. The summed E-state index contributed by atoms with van der Waals surface area (Å²) in [4.78, 5) is 4.42. The van der Waals surface area contributed by atoms with Crippen LogP contribution >= 0.6 is 0 Å². The standard InChI is InChI=1S/C19H20N4O2S/c1-13-6-8-16-15(11-13)7-9-17(16)22-26(24,25)18-12-21-23(14(18)2)19-5-3-4-10-20-19/h3-6,8,10-12,17,22H,7,9H2,1-2H3. The Morgan fingerprint density at radius 3 is 2.81 bits per heavy atom. The van der Waals surface area contributed by atoms with E-state index in [1.165, 1.54) is 17.3 Å². The summed E-state index contributed by atoms with van der Waals surface area (Å²) in [7, 11) is -3.68. The van der Waals surface area contributed by atoms with Crippen LogP contribution in [0.3, 0.4) is 0 Å².